The van der Waals surface area contributed by atoms with E-state index in [9.17, 15) is 14.7 Å². The second-order valence-corrected chi connectivity index (χ2v) is 8.58. The van der Waals surface area contributed by atoms with Crippen LogP contribution in [0.15, 0.2) is 36.8 Å². The van der Waals surface area contributed by atoms with Gasteiger partial charge in [-0.2, -0.15) is 10.2 Å². The van der Waals surface area contributed by atoms with Gasteiger partial charge in [0.25, 0.3) is 5.91 Å². The van der Waals surface area contributed by atoms with Gasteiger partial charge in [-0.3, -0.25) is 14.2 Å². The van der Waals surface area contributed by atoms with E-state index in [1.807, 2.05) is 16.9 Å². The van der Waals surface area contributed by atoms with Crippen LogP contribution in [0.25, 0.3) is 11.3 Å². The Morgan fingerprint density at radius 3 is 2.69 bits per heavy atom. The number of aromatic carboxylic acids is 1. The topological polar surface area (TPSA) is 150 Å². The minimum Gasteiger partial charge on any atom is -1.00 e. The molecule has 0 aliphatic carbocycles. The van der Waals surface area contributed by atoms with E-state index >= 15 is 0 Å². The second-order valence-electron chi connectivity index (χ2n) is 8.58. The molecule has 11 nitrogen and oxygen atoms in total. The summed E-state index contributed by atoms with van der Waals surface area (Å²) in [4.78, 5) is 29.1. The van der Waals surface area contributed by atoms with Gasteiger partial charge >= 0.3 is 24.8 Å². The zero-order chi connectivity index (χ0) is 24.6. The Balaban J connectivity index is 0.00000241. The summed E-state index contributed by atoms with van der Waals surface area (Å²) in [6, 6.07) is 5.17. The number of pyridine rings is 1. The summed E-state index contributed by atoms with van der Waals surface area (Å²) in [6.07, 6.45) is 10.9. The van der Waals surface area contributed by atoms with Gasteiger partial charge in [0.1, 0.15) is 5.69 Å². The maximum Gasteiger partial charge on any atom is 1.00 e. The van der Waals surface area contributed by atoms with Crippen LogP contribution < -0.4 is 29.9 Å². The molecule has 1 aliphatic heterocycles. The molecule has 0 radical (unpaired) electrons. The van der Waals surface area contributed by atoms with Crippen molar-refractivity contribution in [3.63, 3.8) is 0 Å². The molecule has 0 saturated carbocycles. The summed E-state index contributed by atoms with van der Waals surface area (Å²) < 4.78 is 8.84. The van der Waals surface area contributed by atoms with E-state index in [0.29, 0.717) is 18.9 Å². The number of hydrogen-bond donors (Lipinski definition) is 3. The van der Waals surface area contributed by atoms with E-state index in [0.717, 1.165) is 57.2 Å². The third-order valence-corrected chi connectivity index (χ3v) is 6.00. The van der Waals surface area contributed by atoms with Gasteiger partial charge in [-0.1, -0.05) is 18.9 Å². The normalized spacial score (nSPS) is 13.8. The van der Waals surface area contributed by atoms with Crippen molar-refractivity contribution in [2.24, 2.45) is 5.73 Å². The SMILES string of the molecule is NCCCCCCn1cc(-c2cccc(C(=O)Nc3cn(C4CCOCC4)nc3C(=O)O)n2)cn1.[H-].[Li+]. The first-order chi connectivity index (χ1) is 17.0. The fourth-order valence-corrected chi connectivity index (χ4v) is 4.08. The van der Waals surface area contributed by atoms with Crippen LogP contribution in [-0.4, -0.2) is 61.3 Å². The number of aryl methyl sites for hydroxylation is 1. The fourth-order valence-electron chi connectivity index (χ4n) is 4.08. The number of nitrogens with one attached hydrogen (secondary N) is 1. The summed E-state index contributed by atoms with van der Waals surface area (Å²) in [5, 5.41) is 20.8. The molecule has 188 valence electrons. The van der Waals surface area contributed by atoms with Crippen molar-refractivity contribution in [2.45, 2.75) is 51.1 Å². The summed E-state index contributed by atoms with van der Waals surface area (Å²) in [5.74, 6) is -1.71. The van der Waals surface area contributed by atoms with E-state index in [4.69, 9.17) is 10.5 Å². The molecule has 1 aliphatic rings. The first-order valence-electron chi connectivity index (χ1n) is 12.0. The van der Waals surface area contributed by atoms with Crippen LogP contribution in [0.1, 0.15) is 67.0 Å². The molecule has 0 atom stereocenters. The van der Waals surface area contributed by atoms with Crippen molar-refractivity contribution in [1.29, 1.82) is 0 Å². The molecule has 0 aromatic carbocycles. The summed E-state index contributed by atoms with van der Waals surface area (Å²) in [5.41, 5.74) is 7.07. The van der Waals surface area contributed by atoms with Crippen LogP contribution in [-0.2, 0) is 11.3 Å². The van der Waals surface area contributed by atoms with Gasteiger partial charge in [-0.15, -0.1) is 0 Å². The Hall–Kier alpha value is -2.97. The van der Waals surface area contributed by atoms with Crippen LogP contribution in [0.4, 0.5) is 5.69 Å². The van der Waals surface area contributed by atoms with Crippen molar-refractivity contribution < 1.29 is 39.7 Å². The molecule has 4 N–H and O–H groups in total. The first kappa shape index (κ1) is 27.6. The van der Waals surface area contributed by atoms with Crippen molar-refractivity contribution in [3.05, 3.63) is 48.2 Å². The number of rotatable bonds is 11. The second kappa shape index (κ2) is 13.4. The number of amides is 1. The van der Waals surface area contributed by atoms with Crippen LogP contribution in [0.2, 0.25) is 0 Å². The molecule has 4 rings (SSSR count). The quantitative estimate of drug-likeness (QED) is 0.253. The smallest absolute Gasteiger partial charge is 1.00 e. The predicted octanol–water partition coefficient (Wildman–Crippen LogP) is 0.0792. The third-order valence-electron chi connectivity index (χ3n) is 6.00. The van der Waals surface area contributed by atoms with Gasteiger partial charge in [-0.25, -0.2) is 9.78 Å². The monoisotopic (exact) mass is 489 g/mol. The summed E-state index contributed by atoms with van der Waals surface area (Å²) in [6.45, 7) is 2.71. The molecule has 3 aromatic rings. The number of hydrogen-bond acceptors (Lipinski definition) is 7. The minimum absolute atomic E-state index is 0. The molecule has 12 heteroatoms. The van der Waals surface area contributed by atoms with Gasteiger partial charge in [-0.05, 0) is 44.4 Å². The van der Waals surface area contributed by atoms with Gasteiger partial charge in [0.05, 0.1) is 23.6 Å². The predicted molar refractivity (Wildman–Crippen MR) is 130 cm³/mol. The van der Waals surface area contributed by atoms with Crippen LogP contribution in [0.3, 0.4) is 0 Å². The Kier molecular flexibility index (Phi) is 10.3. The molecule has 36 heavy (non-hydrogen) atoms. The molecular formula is C24H32LiN7O4. The number of carboxylic acid groups (broad SMARTS) is 1. The van der Waals surface area contributed by atoms with Crippen LogP contribution in [0.5, 0.6) is 0 Å². The molecule has 0 spiro atoms. The first-order valence-corrected chi connectivity index (χ1v) is 12.0. The number of carboxylic acids is 1. The van der Waals surface area contributed by atoms with E-state index in [-0.39, 0.29) is 43.4 Å². The Labute approximate surface area is 223 Å². The zero-order valence-corrected chi connectivity index (χ0v) is 20.6. The number of anilines is 1. The number of carbonyl (C=O) groups excluding carboxylic acids is 1. The number of ether oxygens (including phenoxy) is 1. The van der Waals surface area contributed by atoms with Crippen LogP contribution >= 0.6 is 0 Å². The molecule has 3 aromatic heterocycles. The number of nitrogens with two attached hydrogens (primary N) is 1. The molecule has 0 unspecified atom stereocenters. The zero-order valence-electron chi connectivity index (χ0n) is 21.6. The van der Waals surface area contributed by atoms with E-state index in [1.165, 1.54) is 0 Å². The van der Waals surface area contributed by atoms with Gasteiger partial charge in [0.2, 0.25) is 0 Å². The van der Waals surface area contributed by atoms with Crippen LogP contribution in [0, 0.1) is 0 Å². The van der Waals surface area contributed by atoms with Gasteiger partial charge in [0, 0.05) is 37.7 Å². The fraction of sp³-hybridized carbons (Fsp3) is 0.458. The maximum absolute atomic E-state index is 12.9. The van der Waals surface area contributed by atoms with Gasteiger partial charge in [0.15, 0.2) is 5.69 Å². The molecule has 1 amide bonds. The average molecular weight is 490 g/mol. The van der Waals surface area contributed by atoms with Gasteiger partial charge < -0.3 is 22.3 Å². The maximum atomic E-state index is 12.9. The Morgan fingerprint density at radius 2 is 1.94 bits per heavy atom. The standard InChI is InChI=1S/C24H31N7O4.Li.H/c25-10-3-1-2-4-11-30-15-17(14-26-30)19-6-5-7-20(27-19)23(32)28-21-16-31(29-22(21)24(33)34)18-8-12-35-13-9-18;;/h5-7,14-16,18H,1-4,8-13,25H2,(H,28,32)(H,33,34);;/q;+1;-1. The molecule has 1 saturated heterocycles. The summed E-state index contributed by atoms with van der Waals surface area (Å²) in [7, 11) is 0. The van der Waals surface area contributed by atoms with Crippen molar-refractivity contribution >= 4 is 17.6 Å². The van der Waals surface area contributed by atoms with E-state index < -0.39 is 11.9 Å². The third kappa shape index (κ3) is 7.04. The molecule has 4 heterocycles. The van der Waals surface area contributed by atoms with E-state index in [2.05, 4.69) is 20.5 Å². The summed E-state index contributed by atoms with van der Waals surface area (Å²) >= 11 is 0. The molecule has 1 fully saturated rings. The Bertz CT molecular complexity index is 1160. The minimum atomic E-state index is -1.21. The number of unbranched alkanes of at least 4 members (excludes halogenated alkanes) is 3. The average Bonchev–Trinajstić information content (AvgIpc) is 3.52. The van der Waals surface area contributed by atoms with Crippen molar-refractivity contribution in [1.82, 2.24) is 24.5 Å². The molecule has 0 bridgehead atoms. The van der Waals surface area contributed by atoms with Crippen molar-refractivity contribution in [3.8, 4) is 11.3 Å². The van der Waals surface area contributed by atoms with E-state index in [1.54, 1.807) is 29.2 Å². The van der Waals surface area contributed by atoms with Crippen molar-refractivity contribution in [2.75, 3.05) is 25.1 Å². The molecular weight excluding hydrogens is 457 g/mol. The largest absolute Gasteiger partial charge is 1.00 e. The number of nitrogens with zero attached hydrogens (tertiary/aromatic N) is 5. The number of carbonyl (C=O) groups is 2. The number of aromatic nitrogens is 5. The Morgan fingerprint density at radius 1 is 1.17 bits per heavy atom.